The molecule has 0 amide bonds. The van der Waals surface area contributed by atoms with Gasteiger partial charge in [0.15, 0.2) is 0 Å². The molecule has 0 spiro atoms. The Morgan fingerprint density at radius 3 is 2.61 bits per heavy atom. The number of nitrogens with zero attached hydrogens (tertiary/aromatic N) is 3. The zero-order valence-corrected chi connectivity index (χ0v) is 13.8. The van der Waals surface area contributed by atoms with E-state index >= 15 is 0 Å². The van der Waals surface area contributed by atoms with E-state index in [0.29, 0.717) is 6.54 Å². The number of aromatic nitrogens is 3. The number of rotatable bonds is 5. The van der Waals surface area contributed by atoms with Crippen LogP contribution in [0.15, 0.2) is 43.0 Å². The molecule has 124 valence electrons. The van der Waals surface area contributed by atoms with E-state index in [4.69, 9.17) is 4.74 Å². The van der Waals surface area contributed by atoms with Crippen LogP contribution >= 0.6 is 12.4 Å². The van der Waals surface area contributed by atoms with Crippen LogP contribution in [0.5, 0.6) is 0 Å². The molecular weight excluding hydrogens is 314 g/mol. The molecule has 1 aromatic heterocycles. The Hall–Kier alpha value is -1.88. The Bertz CT molecular complexity index is 583. The van der Waals surface area contributed by atoms with Crippen molar-refractivity contribution in [3.63, 3.8) is 0 Å². The number of halogens is 1. The van der Waals surface area contributed by atoms with Crippen LogP contribution in [0, 0.1) is 5.92 Å². The summed E-state index contributed by atoms with van der Waals surface area (Å²) in [5, 5.41) is 4.12. The smallest absolute Gasteiger partial charge is 0.309 e. The lowest BCUT2D eigenvalue weighted by Crippen LogP contribution is -2.24. The van der Waals surface area contributed by atoms with Crippen molar-refractivity contribution in [3.8, 4) is 0 Å². The van der Waals surface area contributed by atoms with Gasteiger partial charge < -0.3 is 4.74 Å². The maximum Gasteiger partial charge on any atom is 0.309 e. The molecule has 5 nitrogen and oxygen atoms in total. The predicted octanol–water partition coefficient (Wildman–Crippen LogP) is 3.56. The maximum absolute atomic E-state index is 12.4. The second-order valence-corrected chi connectivity index (χ2v) is 5.79. The molecule has 1 aliphatic rings. The molecule has 1 unspecified atom stereocenters. The van der Waals surface area contributed by atoms with E-state index < -0.39 is 0 Å². The summed E-state index contributed by atoms with van der Waals surface area (Å²) in [6, 6.07) is 9.83. The van der Waals surface area contributed by atoms with Gasteiger partial charge in [0.05, 0.1) is 12.5 Å². The fraction of sp³-hybridized carbons (Fsp3) is 0.471. The fourth-order valence-corrected chi connectivity index (χ4v) is 2.95. The van der Waals surface area contributed by atoms with Gasteiger partial charge in [0.2, 0.25) is 0 Å². The van der Waals surface area contributed by atoms with E-state index in [-0.39, 0.29) is 30.4 Å². The molecule has 1 fully saturated rings. The molecule has 3 rings (SSSR count). The number of esters is 1. The standard InChI is InChI=1S/C17H21N3O2.ClH/c21-17(15-9-5-2-6-10-15)22-16(11-20-13-18-12-19-20)14-7-3-1-4-8-14;/h1,3-4,7-8,12-13,15-16H,2,5-6,9-11H2;1H. The second-order valence-electron chi connectivity index (χ2n) is 5.79. The summed E-state index contributed by atoms with van der Waals surface area (Å²) in [4.78, 5) is 16.4. The average Bonchev–Trinajstić information content (AvgIpc) is 3.09. The highest BCUT2D eigenvalue weighted by Gasteiger charge is 2.26. The second kappa shape index (κ2) is 8.67. The van der Waals surface area contributed by atoms with Gasteiger partial charge in [-0.25, -0.2) is 9.67 Å². The van der Waals surface area contributed by atoms with Crippen molar-refractivity contribution in [3.05, 3.63) is 48.5 Å². The Labute approximate surface area is 142 Å². The third-order valence-corrected chi connectivity index (χ3v) is 4.19. The number of carbonyl (C=O) groups is 1. The van der Waals surface area contributed by atoms with Crippen molar-refractivity contribution >= 4 is 18.4 Å². The summed E-state index contributed by atoms with van der Waals surface area (Å²) in [6.45, 7) is 0.489. The highest BCUT2D eigenvalue weighted by molar-refractivity contribution is 5.85. The van der Waals surface area contributed by atoms with Crippen LogP contribution in [0.3, 0.4) is 0 Å². The molecule has 6 heteroatoms. The molecule has 1 atom stereocenters. The normalized spacial score (nSPS) is 16.3. The Balaban J connectivity index is 0.00000192. The molecule has 0 radical (unpaired) electrons. The summed E-state index contributed by atoms with van der Waals surface area (Å²) in [5.41, 5.74) is 0.988. The van der Waals surface area contributed by atoms with Gasteiger partial charge in [-0.15, -0.1) is 12.4 Å². The van der Waals surface area contributed by atoms with Crippen LogP contribution in [-0.2, 0) is 16.1 Å². The predicted molar refractivity (Wildman–Crippen MR) is 89.1 cm³/mol. The van der Waals surface area contributed by atoms with Gasteiger partial charge in [-0.1, -0.05) is 49.6 Å². The number of carbonyl (C=O) groups excluding carboxylic acids is 1. The minimum atomic E-state index is -0.322. The molecule has 0 bridgehead atoms. The third kappa shape index (κ3) is 4.79. The van der Waals surface area contributed by atoms with Gasteiger partial charge in [0.25, 0.3) is 0 Å². The van der Waals surface area contributed by atoms with E-state index in [2.05, 4.69) is 10.1 Å². The molecule has 0 saturated heterocycles. The van der Waals surface area contributed by atoms with Crippen molar-refractivity contribution in [1.29, 1.82) is 0 Å². The van der Waals surface area contributed by atoms with Crippen LogP contribution in [0.1, 0.15) is 43.8 Å². The minimum absolute atomic E-state index is 0. The molecule has 1 aromatic carbocycles. The molecule has 1 aliphatic carbocycles. The monoisotopic (exact) mass is 335 g/mol. The van der Waals surface area contributed by atoms with Crippen LogP contribution in [0.4, 0.5) is 0 Å². The first-order valence-corrected chi connectivity index (χ1v) is 7.91. The van der Waals surface area contributed by atoms with Crippen molar-refractivity contribution in [2.75, 3.05) is 0 Å². The van der Waals surface area contributed by atoms with Crippen LogP contribution < -0.4 is 0 Å². The van der Waals surface area contributed by atoms with Crippen molar-refractivity contribution in [2.45, 2.75) is 44.8 Å². The van der Waals surface area contributed by atoms with Gasteiger partial charge in [0.1, 0.15) is 18.8 Å². The van der Waals surface area contributed by atoms with E-state index in [0.717, 1.165) is 31.2 Å². The first-order chi connectivity index (χ1) is 10.8. The van der Waals surface area contributed by atoms with E-state index in [1.807, 2.05) is 30.3 Å². The number of benzene rings is 1. The van der Waals surface area contributed by atoms with Crippen LogP contribution in [-0.4, -0.2) is 20.7 Å². The van der Waals surface area contributed by atoms with Crippen LogP contribution in [0.2, 0.25) is 0 Å². The lowest BCUT2D eigenvalue weighted by molar-refractivity contribution is -0.156. The maximum atomic E-state index is 12.4. The molecule has 0 N–H and O–H groups in total. The molecule has 1 saturated carbocycles. The van der Waals surface area contributed by atoms with Gasteiger partial charge >= 0.3 is 5.97 Å². The third-order valence-electron chi connectivity index (χ3n) is 4.19. The molecule has 2 aromatic rings. The van der Waals surface area contributed by atoms with Gasteiger partial charge in [-0.05, 0) is 18.4 Å². The van der Waals surface area contributed by atoms with Gasteiger partial charge in [-0.2, -0.15) is 5.10 Å². The first kappa shape index (κ1) is 17.5. The SMILES string of the molecule is Cl.O=C(OC(Cn1cncn1)c1ccccc1)C1CCCCC1. The summed E-state index contributed by atoms with van der Waals surface area (Å²) in [6.07, 6.45) is 8.18. The van der Waals surface area contributed by atoms with E-state index in [9.17, 15) is 4.79 Å². The zero-order chi connectivity index (χ0) is 15.2. The summed E-state index contributed by atoms with van der Waals surface area (Å²) in [5.74, 6) is -0.0237. The Morgan fingerprint density at radius 1 is 1.22 bits per heavy atom. The molecule has 23 heavy (non-hydrogen) atoms. The topological polar surface area (TPSA) is 57.0 Å². The molecule has 0 aliphatic heterocycles. The molecular formula is C17H22ClN3O2. The Morgan fingerprint density at radius 2 is 1.96 bits per heavy atom. The largest absolute Gasteiger partial charge is 0.455 e. The number of hydrogen-bond donors (Lipinski definition) is 0. The summed E-state index contributed by atoms with van der Waals surface area (Å²) < 4.78 is 7.52. The average molecular weight is 336 g/mol. The fourth-order valence-electron chi connectivity index (χ4n) is 2.95. The lowest BCUT2D eigenvalue weighted by Gasteiger charge is -2.24. The highest BCUT2D eigenvalue weighted by atomic mass is 35.5. The minimum Gasteiger partial charge on any atom is -0.455 e. The quantitative estimate of drug-likeness (QED) is 0.784. The van der Waals surface area contributed by atoms with E-state index in [1.54, 1.807) is 11.0 Å². The highest BCUT2D eigenvalue weighted by Crippen LogP contribution is 2.28. The van der Waals surface area contributed by atoms with Crippen molar-refractivity contribution in [1.82, 2.24) is 14.8 Å². The first-order valence-electron chi connectivity index (χ1n) is 7.91. The zero-order valence-electron chi connectivity index (χ0n) is 13.0. The summed E-state index contributed by atoms with van der Waals surface area (Å²) in [7, 11) is 0. The van der Waals surface area contributed by atoms with Crippen LogP contribution in [0.25, 0.3) is 0 Å². The number of hydrogen-bond acceptors (Lipinski definition) is 4. The van der Waals surface area contributed by atoms with Crippen molar-refractivity contribution in [2.24, 2.45) is 5.92 Å². The van der Waals surface area contributed by atoms with E-state index in [1.165, 1.54) is 12.7 Å². The summed E-state index contributed by atoms with van der Waals surface area (Å²) >= 11 is 0. The lowest BCUT2D eigenvalue weighted by atomic mass is 9.89. The van der Waals surface area contributed by atoms with Gasteiger partial charge in [0, 0.05) is 0 Å². The van der Waals surface area contributed by atoms with Crippen molar-refractivity contribution < 1.29 is 9.53 Å². The molecule has 1 heterocycles. The number of ether oxygens (including phenoxy) is 1. The van der Waals surface area contributed by atoms with Gasteiger partial charge in [-0.3, -0.25) is 4.79 Å². The Kier molecular flexibility index (Phi) is 6.59.